The van der Waals surface area contributed by atoms with Crippen LogP contribution in [0.2, 0.25) is 0 Å². The summed E-state index contributed by atoms with van der Waals surface area (Å²) in [6.07, 6.45) is 1.56. The summed E-state index contributed by atoms with van der Waals surface area (Å²) in [5.74, 6) is 1.15. The van der Waals surface area contributed by atoms with Crippen molar-refractivity contribution in [3.63, 3.8) is 0 Å². The number of carbonyl (C=O) groups is 2. The molecule has 6 heteroatoms. The van der Waals surface area contributed by atoms with Crippen molar-refractivity contribution in [3.8, 4) is 11.5 Å². The third-order valence-corrected chi connectivity index (χ3v) is 3.49. The summed E-state index contributed by atoms with van der Waals surface area (Å²) < 4.78 is 10.8. The van der Waals surface area contributed by atoms with Crippen LogP contribution in [0.15, 0.2) is 71.3 Å². The van der Waals surface area contributed by atoms with Crippen LogP contribution in [0.25, 0.3) is 0 Å². The Labute approximate surface area is 144 Å². The Balaban J connectivity index is 1.59. The van der Waals surface area contributed by atoms with Crippen molar-refractivity contribution in [2.24, 2.45) is 5.73 Å². The maximum absolute atomic E-state index is 12.1. The highest BCUT2D eigenvalue weighted by Crippen LogP contribution is 2.22. The number of primary amides is 1. The van der Waals surface area contributed by atoms with Gasteiger partial charge in [-0.3, -0.25) is 9.59 Å². The first-order valence-electron chi connectivity index (χ1n) is 7.60. The second kappa shape index (κ2) is 7.35. The molecule has 0 spiro atoms. The highest BCUT2D eigenvalue weighted by molar-refractivity contribution is 5.94. The zero-order valence-corrected chi connectivity index (χ0v) is 13.3. The van der Waals surface area contributed by atoms with Crippen LogP contribution in [-0.4, -0.2) is 11.8 Å². The van der Waals surface area contributed by atoms with Gasteiger partial charge in [0.05, 0.1) is 12.8 Å². The van der Waals surface area contributed by atoms with Gasteiger partial charge in [-0.1, -0.05) is 0 Å². The van der Waals surface area contributed by atoms with Gasteiger partial charge in [0, 0.05) is 11.1 Å². The van der Waals surface area contributed by atoms with Crippen LogP contribution >= 0.6 is 0 Å². The van der Waals surface area contributed by atoms with Crippen molar-refractivity contribution < 1.29 is 18.7 Å². The van der Waals surface area contributed by atoms with E-state index in [1.54, 1.807) is 66.9 Å². The fourth-order valence-electron chi connectivity index (χ4n) is 2.18. The van der Waals surface area contributed by atoms with Crippen molar-refractivity contribution in [3.05, 3.63) is 83.8 Å². The van der Waals surface area contributed by atoms with Crippen LogP contribution in [0.3, 0.4) is 0 Å². The molecule has 0 saturated carbocycles. The minimum absolute atomic E-state index is 0.200. The lowest BCUT2D eigenvalue weighted by Gasteiger charge is -2.07. The summed E-state index contributed by atoms with van der Waals surface area (Å²) in [6, 6.07) is 16.8. The van der Waals surface area contributed by atoms with Gasteiger partial charge in [0.25, 0.3) is 5.91 Å². The molecule has 0 radical (unpaired) electrons. The van der Waals surface area contributed by atoms with Gasteiger partial charge in [-0.05, 0) is 60.7 Å². The molecule has 25 heavy (non-hydrogen) atoms. The second-order valence-corrected chi connectivity index (χ2v) is 5.28. The number of amides is 2. The number of nitrogens with two attached hydrogens (primary N) is 1. The normalized spacial score (nSPS) is 10.2. The zero-order valence-electron chi connectivity index (χ0n) is 13.3. The van der Waals surface area contributed by atoms with Crippen LogP contribution in [0, 0.1) is 0 Å². The predicted octanol–water partition coefficient (Wildman–Crippen LogP) is 3.10. The first-order valence-corrected chi connectivity index (χ1v) is 7.60. The SMILES string of the molecule is NC(=O)c1ccc(Oc2ccc(C(=O)NCc3ccco3)cc2)cc1. The Morgan fingerprint density at radius 3 is 2.04 bits per heavy atom. The lowest BCUT2D eigenvalue weighted by atomic mass is 10.2. The second-order valence-electron chi connectivity index (χ2n) is 5.28. The largest absolute Gasteiger partial charge is 0.467 e. The molecule has 2 amide bonds. The summed E-state index contributed by atoms with van der Waals surface area (Å²) in [4.78, 5) is 23.1. The van der Waals surface area contributed by atoms with Crippen molar-refractivity contribution in [1.29, 1.82) is 0 Å². The Morgan fingerprint density at radius 2 is 1.52 bits per heavy atom. The molecule has 1 heterocycles. The number of hydrogen-bond acceptors (Lipinski definition) is 4. The average molecular weight is 336 g/mol. The summed E-state index contributed by atoms with van der Waals surface area (Å²) in [5, 5.41) is 2.77. The van der Waals surface area contributed by atoms with Gasteiger partial charge in [0.2, 0.25) is 5.91 Å². The molecule has 0 aliphatic heterocycles. The molecule has 0 saturated heterocycles. The van der Waals surface area contributed by atoms with Crippen LogP contribution in [0.5, 0.6) is 11.5 Å². The Hall–Kier alpha value is -3.54. The van der Waals surface area contributed by atoms with E-state index in [1.165, 1.54) is 0 Å². The molecular weight excluding hydrogens is 320 g/mol. The van der Waals surface area contributed by atoms with Crippen LogP contribution in [-0.2, 0) is 6.54 Å². The van der Waals surface area contributed by atoms with Gasteiger partial charge in [-0.2, -0.15) is 0 Å². The number of nitrogens with one attached hydrogen (secondary N) is 1. The molecule has 0 aliphatic rings. The number of hydrogen-bond donors (Lipinski definition) is 2. The molecule has 0 atom stereocenters. The summed E-state index contributed by atoms with van der Waals surface area (Å²) in [5.41, 5.74) is 6.12. The van der Waals surface area contributed by atoms with Gasteiger partial charge >= 0.3 is 0 Å². The van der Waals surface area contributed by atoms with E-state index in [0.29, 0.717) is 34.9 Å². The van der Waals surface area contributed by atoms with Crippen molar-refractivity contribution >= 4 is 11.8 Å². The molecule has 3 rings (SSSR count). The number of ether oxygens (including phenoxy) is 1. The smallest absolute Gasteiger partial charge is 0.251 e. The quantitative estimate of drug-likeness (QED) is 0.723. The van der Waals surface area contributed by atoms with E-state index in [-0.39, 0.29) is 5.91 Å². The van der Waals surface area contributed by atoms with E-state index in [4.69, 9.17) is 14.9 Å². The van der Waals surface area contributed by atoms with Crippen LogP contribution in [0.4, 0.5) is 0 Å². The summed E-state index contributed by atoms with van der Waals surface area (Å²) >= 11 is 0. The number of benzene rings is 2. The summed E-state index contributed by atoms with van der Waals surface area (Å²) in [6.45, 7) is 0.330. The van der Waals surface area contributed by atoms with Crippen molar-refractivity contribution in [2.45, 2.75) is 6.54 Å². The number of carbonyl (C=O) groups excluding carboxylic acids is 2. The maximum Gasteiger partial charge on any atom is 0.251 e. The van der Waals surface area contributed by atoms with Gasteiger partial charge in [0.15, 0.2) is 0 Å². The molecule has 1 aromatic heterocycles. The highest BCUT2D eigenvalue weighted by atomic mass is 16.5. The predicted molar refractivity (Wildman–Crippen MR) is 91.4 cm³/mol. The number of furan rings is 1. The van der Waals surface area contributed by atoms with E-state index in [1.807, 2.05) is 0 Å². The molecule has 0 bridgehead atoms. The fourth-order valence-corrected chi connectivity index (χ4v) is 2.18. The van der Waals surface area contributed by atoms with Crippen LogP contribution < -0.4 is 15.8 Å². The lowest BCUT2D eigenvalue weighted by Crippen LogP contribution is -2.22. The van der Waals surface area contributed by atoms with E-state index < -0.39 is 5.91 Å². The third kappa shape index (κ3) is 4.26. The zero-order chi connectivity index (χ0) is 17.6. The molecule has 3 N–H and O–H groups in total. The van der Waals surface area contributed by atoms with Gasteiger partial charge in [-0.15, -0.1) is 0 Å². The van der Waals surface area contributed by atoms with Gasteiger partial charge < -0.3 is 20.2 Å². The molecule has 0 aliphatic carbocycles. The van der Waals surface area contributed by atoms with E-state index in [0.717, 1.165) is 0 Å². The number of rotatable bonds is 6. The monoisotopic (exact) mass is 336 g/mol. The van der Waals surface area contributed by atoms with Crippen molar-refractivity contribution in [2.75, 3.05) is 0 Å². The molecule has 0 unspecified atom stereocenters. The molecule has 126 valence electrons. The fraction of sp³-hybridized carbons (Fsp3) is 0.0526. The van der Waals surface area contributed by atoms with Crippen LogP contribution in [0.1, 0.15) is 26.5 Å². The standard InChI is InChI=1S/C19H16N2O4/c20-18(22)13-3-7-15(8-4-13)25-16-9-5-14(6-10-16)19(23)21-12-17-2-1-11-24-17/h1-11H,12H2,(H2,20,22)(H,21,23). The summed E-state index contributed by atoms with van der Waals surface area (Å²) in [7, 11) is 0. The lowest BCUT2D eigenvalue weighted by molar-refractivity contribution is 0.0947. The topological polar surface area (TPSA) is 94.6 Å². The first kappa shape index (κ1) is 16.3. The molecule has 6 nitrogen and oxygen atoms in total. The van der Waals surface area contributed by atoms with Gasteiger partial charge in [-0.25, -0.2) is 0 Å². The van der Waals surface area contributed by atoms with E-state index >= 15 is 0 Å². The Morgan fingerprint density at radius 1 is 0.920 bits per heavy atom. The molecule has 3 aromatic rings. The minimum atomic E-state index is -0.489. The molecular formula is C19H16N2O4. The first-order chi connectivity index (χ1) is 12.1. The van der Waals surface area contributed by atoms with E-state index in [9.17, 15) is 9.59 Å². The third-order valence-electron chi connectivity index (χ3n) is 3.49. The Kier molecular flexibility index (Phi) is 4.80. The molecule has 0 fully saturated rings. The van der Waals surface area contributed by atoms with Crippen molar-refractivity contribution in [1.82, 2.24) is 5.32 Å². The minimum Gasteiger partial charge on any atom is -0.467 e. The van der Waals surface area contributed by atoms with Gasteiger partial charge in [0.1, 0.15) is 17.3 Å². The molecule has 2 aromatic carbocycles. The van der Waals surface area contributed by atoms with E-state index in [2.05, 4.69) is 5.32 Å². The highest BCUT2D eigenvalue weighted by Gasteiger charge is 2.07. The Bertz CT molecular complexity index is 853. The average Bonchev–Trinajstić information content (AvgIpc) is 3.14. The maximum atomic E-state index is 12.1.